The minimum Gasteiger partial charge on any atom is -0.464 e. The molecule has 0 aliphatic rings. The number of hydrogen-bond acceptors (Lipinski definition) is 3. The van der Waals surface area contributed by atoms with Crippen molar-refractivity contribution in [3.8, 4) is 0 Å². The second-order valence-corrected chi connectivity index (χ2v) is 3.78. The second-order valence-electron chi connectivity index (χ2n) is 3.78. The summed E-state index contributed by atoms with van der Waals surface area (Å²) in [5, 5.41) is 1.02. The van der Waals surface area contributed by atoms with Gasteiger partial charge in [-0.3, -0.25) is 0 Å². The third kappa shape index (κ3) is 1.52. The zero-order valence-electron chi connectivity index (χ0n) is 9.57. The number of carbonyl (C=O) groups excluding carboxylic acids is 1. The molecule has 84 valence electrons. The molecule has 0 unspecified atom stereocenters. The van der Waals surface area contributed by atoms with E-state index in [0.717, 1.165) is 16.6 Å². The maximum absolute atomic E-state index is 11.6. The molecule has 0 aliphatic carbocycles. The smallest absolute Gasteiger partial charge is 0.356 e. The molecule has 4 nitrogen and oxygen atoms in total. The Kier molecular flexibility index (Phi) is 2.56. The molecule has 16 heavy (non-hydrogen) atoms. The first-order valence-electron chi connectivity index (χ1n) is 5.01. The van der Waals surface area contributed by atoms with Crippen LogP contribution in [0.25, 0.3) is 10.9 Å². The number of ether oxygens (including phenoxy) is 1. The van der Waals surface area contributed by atoms with Gasteiger partial charge in [0.2, 0.25) is 0 Å². The van der Waals surface area contributed by atoms with Gasteiger partial charge in [-0.2, -0.15) is 0 Å². The van der Waals surface area contributed by atoms with E-state index < -0.39 is 0 Å². The Hall–Kier alpha value is -1.97. The Morgan fingerprint density at radius 1 is 1.31 bits per heavy atom. The van der Waals surface area contributed by atoms with Crippen LogP contribution in [0.4, 0.5) is 5.69 Å². The molecule has 4 heteroatoms. The van der Waals surface area contributed by atoms with Crippen molar-refractivity contribution < 1.29 is 9.53 Å². The lowest BCUT2D eigenvalue weighted by atomic mass is 10.2. The lowest BCUT2D eigenvalue weighted by Crippen LogP contribution is -2.13. The standard InChI is InChI=1S/C12H14N2O2/c1-14(2)11-8-6-4-5-7-9(8)13-10(11)12(15)16-3/h4-7,13H,1-3H3. The number of anilines is 1. The fraction of sp³-hybridized carbons (Fsp3) is 0.250. The summed E-state index contributed by atoms with van der Waals surface area (Å²) < 4.78 is 4.76. The number of nitrogens with one attached hydrogen (secondary N) is 1. The van der Waals surface area contributed by atoms with Crippen molar-refractivity contribution in [2.45, 2.75) is 0 Å². The molecule has 0 aliphatic heterocycles. The van der Waals surface area contributed by atoms with E-state index >= 15 is 0 Å². The summed E-state index contributed by atoms with van der Waals surface area (Å²) in [6.45, 7) is 0. The number of para-hydroxylation sites is 1. The number of methoxy groups -OCH3 is 1. The SMILES string of the molecule is COC(=O)c1[nH]c2ccccc2c1N(C)C. The maximum Gasteiger partial charge on any atom is 0.356 e. The van der Waals surface area contributed by atoms with Gasteiger partial charge in [-0.15, -0.1) is 0 Å². The van der Waals surface area contributed by atoms with Gasteiger partial charge in [0.1, 0.15) is 5.69 Å². The van der Waals surface area contributed by atoms with Crippen LogP contribution in [0.3, 0.4) is 0 Å². The highest BCUT2D eigenvalue weighted by atomic mass is 16.5. The van der Waals surface area contributed by atoms with E-state index in [4.69, 9.17) is 4.74 Å². The van der Waals surface area contributed by atoms with Gasteiger partial charge in [0.25, 0.3) is 0 Å². The van der Waals surface area contributed by atoms with E-state index in [1.54, 1.807) is 0 Å². The van der Waals surface area contributed by atoms with Gasteiger partial charge in [0.15, 0.2) is 0 Å². The summed E-state index contributed by atoms with van der Waals surface area (Å²) in [6.07, 6.45) is 0. The third-order valence-corrected chi connectivity index (χ3v) is 2.52. The first-order chi connectivity index (χ1) is 7.65. The number of nitrogens with zero attached hydrogens (tertiary/aromatic N) is 1. The van der Waals surface area contributed by atoms with Gasteiger partial charge < -0.3 is 14.6 Å². The van der Waals surface area contributed by atoms with E-state index in [0.29, 0.717) is 5.69 Å². The Morgan fingerprint density at radius 3 is 2.62 bits per heavy atom. The third-order valence-electron chi connectivity index (χ3n) is 2.52. The summed E-state index contributed by atoms with van der Waals surface area (Å²) in [5.41, 5.74) is 2.29. The molecule has 1 heterocycles. The predicted molar refractivity (Wildman–Crippen MR) is 64.0 cm³/mol. The van der Waals surface area contributed by atoms with Gasteiger partial charge in [0.05, 0.1) is 12.8 Å². The topological polar surface area (TPSA) is 45.3 Å². The van der Waals surface area contributed by atoms with Crippen LogP contribution < -0.4 is 4.90 Å². The molecule has 1 N–H and O–H groups in total. The molecule has 0 fully saturated rings. The molecule has 0 amide bonds. The lowest BCUT2D eigenvalue weighted by molar-refractivity contribution is 0.0596. The normalized spacial score (nSPS) is 10.4. The number of aromatic nitrogens is 1. The zero-order valence-corrected chi connectivity index (χ0v) is 9.57. The molecule has 0 radical (unpaired) electrons. The minimum atomic E-state index is -0.347. The van der Waals surface area contributed by atoms with Gasteiger partial charge in [-0.25, -0.2) is 4.79 Å². The van der Waals surface area contributed by atoms with Gasteiger partial charge in [-0.05, 0) is 6.07 Å². The number of H-pyrrole nitrogens is 1. The fourth-order valence-electron chi connectivity index (χ4n) is 1.84. The summed E-state index contributed by atoms with van der Waals surface area (Å²) in [4.78, 5) is 16.6. The number of rotatable bonds is 2. The Bertz CT molecular complexity index is 529. The van der Waals surface area contributed by atoms with E-state index in [-0.39, 0.29) is 5.97 Å². The van der Waals surface area contributed by atoms with Crippen molar-refractivity contribution in [1.82, 2.24) is 4.98 Å². The summed E-state index contributed by atoms with van der Waals surface area (Å²) >= 11 is 0. The molecule has 1 aromatic carbocycles. The van der Waals surface area contributed by atoms with Crippen LogP contribution in [0.2, 0.25) is 0 Å². The number of hydrogen-bond donors (Lipinski definition) is 1. The van der Waals surface area contributed by atoms with Crippen molar-refractivity contribution in [2.75, 3.05) is 26.1 Å². The summed E-state index contributed by atoms with van der Waals surface area (Å²) in [7, 11) is 5.19. The highest BCUT2D eigenvalue weighted by Crippen LogP contribution is 2.29. The molecular weight excluding hydrogens is 204 g/mol. The lowest BCUT2D eigenvalue weighted by Gasteiger charge is -2.12. The van der Waals surface area contributed by atoms with E-state index in [1.165, 1.54) is 7.11 Å². The number of aromatic amines is 1. The molecule has 0 atom stereocenters. The number of benzene rings is 1. The highest BCUT2D eigenvalue weighted by Gasteiger charge is 2.19. The van der Waals surface area contributed by atoms with Crippen molar-refractivity contribution >= 4 is 22.6 Å². The Labute approximate surface area is 93.8 Å². The van der Waals surface area contributed by atoms with Crippen LogP contribution >= 0.6 is 0 Å². The fourth-order valence-corrected chi connectivity index (χ4v) is 1.84. The number of esters is 1. The van der Waals surface area contributed by atoms with Gasteiger partial charge >= 0.3 is 5.97 Å². The molecule has 0 spiro atoms. The van der Waals surface area contributed by atoms with Crippen LogP contribution in [0, 0.1) is 0 Å². The van der Waals surface area contributed by atoms with Crippen molar-refractivity contribution in [1.29, 1.82) is 0 Å². The van der Waals surface area contributed by atoms with Crippen LogP contribution in [0.1, 0.15) is 10.5 Å². The number of fused-ring (bicyclic) bond motifs is 1. The molecule has 0 bridgehead atoms. The minimum absolute atomic E-state index is 0.347. The van der Waals surface area contributed by atoms with Gasteiger partial charge in [0, 0.05) is 25.0 Å². The van der Waals surface area contributed by atoms with Crippen LogP contribution in [-0.4, -0.2) is 32.2 Å². The largest absolute Gasteiger partial charge is 0.464 e. The summed E-state index contributed by atoms with van der Waals surface area (Å²) in [5.74, 6) is -0.347. The summed E-state index contributed by atoms with van der Waals surface area (Å²) in [6, 6.07) is 7.80. The second kappa shape index (κ2) is 3.89. The Morgan fingerprint density at radius 2 is 2.00 bits per heavy atom. The predicted octanol–water partition coefficient (Wildman–Crippen LogP) is 2.02. The molecule has 2 rings (SSSR count). The average molecular weight is 218 g/mol. The monoisotopic (exact) mass is 218 g/mol. The van der Waals surface area contributed by atoms with Crippen LogP contribution in [0.15, 0.2) is 24.3 Å². The van der Waals surface area contributed by atoms with E-state index in [9.17, 15) is 4.79 Å². The van der Waals surface area contributed by atoms with Crippen molar-refractivity contribution in [2.24, 2.45) is 0 Å². The van der Waals surface area contributed by atoms with Crippen molar-refractivity contribution in [3.63, 3.8) is 0 Å². The first kappa shape index (κ1) is 10.5. The first-order valence-corrected chi connectivity index (χ1v) is 5.01. The molecule has 1 aromatic heterocycles. The van der Waals surface area contributed by atoms with Crippen LogP contribution in [0.5, 0.6) is 0 Å². The number of carbonyl (C=O) groups is 1. The van der Waals surface area contributed by atoms with Gasteiger partial charge in [-0.1, -0.05) is 18.2 Å². The zero-order chi connectivity index (χ0) is 11.7. The average Bonchev–Trinajstić information content (AvgIpc) is 2.67. The molecular formula is C12H14N2O2. The van der Waals surface area contributed by atoms with Crippen LogP contribution in [-0.2, 0) is 4.74 Å². The van der Waals surface area contributed by atoms with E-state index in [2.05, 4.69) is 4.98 Å². The van der Waals surface area contributed by atoms with E-state index in [1.807, 2.05) is 43.3 Å². The molecule has 2 aromatic rings. The van der Waals surface area contributed by atoms with Crippen molar-refractivity contribution in [3.05, 3.63) is 30.0 Å². The molecule has 0 saturated carbocycles. The molecule has 0 saturated heterocycles. The highest BCUT2D eigenvalue weighted by molar-refractivity contribution is 6.06. The maximum atomic E-state index is 11.6. The Balaban J connectivity index is 2.73. The quantitative estimate of drug-likeness (QED) is 0.784.